The topological polar surface area (TPSA) is 91.7 Å². The summed E-state index contributed by atoms with van der Waals surface area (Å²) in [5, 5.41) is 0.335. The van der Waals surface area contributed by atoms with Crippen molar-refractivity contribution in [3.8, 4) is 0 Å². The Balaban J connectivity index is 7.41. The lowest BCUT2D eigenvalue weighted by Crippen LogP contribution is -2.78. The van der Waals surface area contributed by atoms with Crippen molar-refractivity contribution < 1.29 is 111 Å². The summed E-state index contributed by atoms with van der Waals surface area (Å²) < 4.78 is 291. The lowest BCUT2D eigenvalue weighted by atomic mass is 9.86. The van der Waals surface area contributed by atoms with Gasteiger partial charge in [0.1, 0.15) is 0 Å². The van der Waals surface area contributed by atoms with Crippen molar-refractivity contribution in [1.29, 1.82) is 0 Å². The minimum Gasteiger partial charge on any atom is -0.478 e. The number of rotatable bonds is 10. The molecule has 0 spiro atoms. The lowest BCUT2D eigenvalue weighted by Gasteiger charge is -2.44. The molecule has 0 aromatic carbocycles. The van der Waals surface area contributed by atoms with Crippen molar-refractivity contribution >= 4 is 16.1 Å². The maximum atomic E-state index is 13.7. The van der Waals surface area contributed by atoms with Crippen LogP contribution in [0.5, 0.6) is 0 Å². The van der Waals surface area contributed by atoms with Gasteiger partial charge in [-0.25, -0.2) is 9.18 Å². The zero-order valence-corrected chi connectivity index (χ0v) is 16.4. The first-order valence-electron chi connectivity index (χ1n) is 7.43. The molecule has 0 heterocycles. The van der Waals surface area contributed by atoms with E-state index in [1.54, 1.807) is 0 Å². The van der Waals surface area contributed by atoms with E-state index in [1.807, 2.05) is 0 Å². The molecule has 0 aliphatic heterocycles. The third-order valence-corrected chi connectivity index (χ3v) is 5.29. The summed E-state index contributed by atoms with van der Waals surface area (Å²) in [5.74, 6) is -77.4. The summed E-state index contributed by atoms with van der Waals surface area (Å²) in [7, 11) is -8.09. The number of aliphatic carboxylic acids is 1. The van der Waals surface area contributed by atoms with Gasteiger partial charge >= 0.3 is 74.6 Å². The SMILES string of the molecule is O=C(O)C(F)(C(F)(F)C(F)(F)C(F)(F)C(F)(F)C(F)(F)C(F)(F)C(F)(F)C(F)(F)C(F)(F)F)S(=O)(=O)O. The molecule has 0 fully saturated rings. The minimum atomic E-state index is -9.42. The van der Waals surface area contributed by atoms with Crippen LogP contribution in [0.4, 0.5) is 87.8 Å². The Bertz CT molecular complexity index is 1010. The van der Waals surface area contributed by atoms with Crippen LogP contribution in [0.15, 0.2) is 0 Å². The number of halogens is 20. The van der Waals surface area contributed by atoms with Crippen LogP contribution in [-0.2, 0) is 14.9 Å². The summed E-state index contributed by atoms with van der Waals surface area (Å²) in [6.45, 7) is 0. The van der Waals surface area contributed by atoms with Crippen LogP contribution in [0, 0.1) is 0 Å². The number of carboxylic acids is 1. The van der Waals surface area contributed by atoms with Crippen molar-refractivity contribution in [2.24, 2.45) is 0 Å². The molecular weight excluding hydrogens is 624 g/mol. The Morgan fingerprint density at radius 1 is 0.432 bits per heavy atom. The van der Waals surface area contributed by atoms with E-state index >= 15 is 0 Å². The Labute approximate surface area is 186 Å². The molecular formula is C11H2F20O5S. The predicted octanol–water partition coefficient (Wildman–Crippen LogP) is 5.27. The Kier molecular flexibility index (Phi) is 7.79. The first-order chi connectivity index (χ1) is 15.4. The average molecular weight is 626 g/mol. The van der Waals surface area contributed by atoms with Crippen LogP contribution >= 0.6 is 0 Å². The smallest absolute Gasteiger partial charge is 0.460 e. The molecule has 0 bridgehead atoms. The molecule has 5 nitrogen and oxygen atoms in total. The van der Waals surface area contributed by atoms with E-state index in [9.17, 15) is 101 Å². The van der Waals surface area contributed by atoms with Crippen molar-refractivity contribution in [2.45, 2.75) is 58.6 Å². The molecule has 0 aromatic rings. The van der Waals surface area contributed by atoms with E-state index in [1.165, 1.54) is 0 Å². The standard InChI is InChI=1S/C11H2F20O5S/c12-2(1(32)33,37(34,35)36)3(13,14)4(15,16)5(17,18)6(19,20)7(21,22)8(23,24)9(25,26)10(27,28)11(29,30)31/h(H,32,33)(H,34,35,36). The van der Waals surface area contributed by atoms with Gasteiger partial charge in [-0.2, -0.15) is 91.8 Å². The molecule has 0 aliphatic rings. The highest BCUT2D eigenvalue weighted by Crippen LogP contribution is 2.66. The molecule has 26 heteroatoms. The van der Waals surface area contributed by atoms with Gasteiger partial charge in [-0.05, 0) is 0 Å². The molecule has 222 valence electrons. The van der Waals surface area contributed by atoms with Gasteiger partial charge in [0.05, 0.1) is 0 Å². The third kappa shape index (κ3) is 3.93. The molecule has 1 unspecified atom stereocenters. The average Bonchev–Trinajstić information content (AvgIpc) is 2.63. The largest absolute Gasteiger partial charge is 0.478 e. The fraction of sp³-hybridized carbons (Fsp3) is 0.909. The monoisotopic (exact) mass is 626 g/mol. The van der Waals surface area contributed by atoms with Crippen molar-refractivity contribution in [3.63, 3.8) is 0 Å². The molecule has 0 aromatic heterocycles. The first kappa shape index (κ1) is 35.0. The number of carboxylic acid groups (broad SMARTS) is 1. The Morgan fingerprint density at radius 3 is 0.784 bits per heavy atom. The first-order valence-corrected chi connectivity index (χ1v) is 8.87. The van der Waals surface area contributed by atoms with Crippen molar-refractivity contribution in [2.75, 3.05) is 0 Å². The van der Waals surface area contributed by atoms with Gasteiger partial charge in [0.2, 0.25) is 0 Å². The van der Waals surface area contributed by atoms with Gasteiger partial charge in [-0.1, -0.05) is 0 Å². The van der Waals surface area contributed by atoms with Crippen molar-refractivity contribution in [1.82, 2.24) is 0 Å². The van der Waals surface area contributed by atoms with Gasteiger partial charge < -0.3 is 5.11 Å². The van der Waals surface area contributed by atoms with Gasteiger partial charge in [-0.3, -0.25) is 4.55 Å². The normalized spacial score (nSPS) is 18.0. The second kappa shape index (κ2) is 8.24. The highest BCUT2D eigenvalue weighted by atomic mass is 32.2. The summed E-state index contributed by atoms with van der Waals surface area (Å²) >= 11 is 0. The van der Waals surface area contributed by atoms with Crippen LogP contribution in [0.1, 0.15) is 0 Å². The molecule has 2 N–H and O–H groups in total. The summed E-state index contributed by atoms with van der Waals surface area (Å²) in [6.07, 6.45) is -8.10. The van der Waals surface area contributed by atoms with Crippen LogP contribution < -0.4 is 0 Å². The van der Waals surface area contributed by atoms with Gasteiger partial charge in [-0.15, -0.1) is 0 Å². The fourth-order valence-electron chi connectivity index (χ4n) is 1.97. The molecule has 0 saturated heterocycles. The highest BCUT2D eigenvalue weighted by molar-refractivity contribution is 7.88. The van der Waals surface area contributed by atoms with Crippen LogP contribution in [0.25, 0.3) is 0 Å². The molecule has 0 aliphatic carbocycles. The summed E-state index contributed by atoms with van der Waals surface area (Å²) in [6, 6.07) is 0. The van der Waals surface area contributed by atoms with Gasteiger partial charge in [0.25, 0.3) is 0 Å². The van der Waals surface area contributed by atoms with Crippen LogP contribution in [-0.4, -0.2) is 82.6 Å². The zero-order valence-electron chi connectivity index (χ0n) is 15.6. The second-order valence-electron chi connectivity index (χ2n) is 6.47. The predicted molar refractivity (Wildman–Crippen MR) is 68.7 cm³/mol. The van der Waals surface area contributed by atoms with E-state index in [0.717, 1.165) is 0 Å². The molecule has 0 rings (SSSR count). The minimum absolute atomic E-state index is 4.70. The molecule has 1 atom stereocenters. The molecule has 0 radical (unpaired) electrons. The summed E-state index contributed by atoms with van der Waals surface area (Å²) in [4.78, 5) is 10.3. The zero-order chi connectivity index (χ0) is 31.1. The van der Waals surface area contributed by atoms with Crippen LogP contribution in [0.3, 0.4) is 0 Å². The maximum Gasteiger partial charge on any atom is 0.460 e. The van der Waals surface area contributed by atoms with E-state index in [0.29, 0.717) is 0 Å². The van der Waals surface area contributed by atoms with Crippen molar-refractivity contribution in [3.05, 3.63) is 0 Å². The lowest BCUT2D eigenvalue weighted by molar-refractivity contribution is -0.470. The number of carbonyl (C=O) groups is 1. The molecule has 37 heavy (non-hydrogen) atoms. The fourth-order valence-corrected chi connectivity index (χ4v) is 2.64. The van der Waals surface area contributed by atoms with E-state index in [-0.39, 0.29) is 0 Å². The second-order valence-corrected chi connectivity index (χ2v) is 7.98. The van der Waals surface area contributed by atoms with Crippen LogP contribution in [0.2, 0.25) is 0 Å². The molecule has 0 saturated carbocycles. The highest BCUT2D eigenvalue weighted by Gasteiger charge is 2.98. The van der Waals surface area contributed by atoms with Gasteiger partial charge in [0, 0.05) is 0 Å². The Hall–Kier alpha value is -2.02. The molecule has 0 amide bonds. The maximum absolute atomic E-state index is 13.7. The number of alkyl halides is 20. The van der Waals surface area contributed by atoms with E-state index < -0.39 is 74.6 Å². The van der Waals surface area contributed by atoms with E-state index in [2.05, 4.69) is 0 Å². The number of hydrogen-bond donors (Lipinski definition) is 2. The van der Waals surface area contributed by atoms with Gasteiger partial charge in [0.15, 0.2) is 0 Å². The number of hydrogen-bond acceptors (Lipinski definition) is 3. The van der Waals surface area contributed by atoms with E-state index in [4.69, 9.17) is 9.66 Å². The summed E-state index contributed by atoms with van der Waals surface area (Å²) in [5.41, 5.74) is 0. The Morgan fingerprint density at radius 2 is 0.622 bits per heavy atom. The third-order valence-electron chi connectivity index (χ3n) is 4.15. The quantitative estimate of drug-likeness (QED) is 0.255.